The molecular formula is C11H8BrFN2O3S. The van der Waals surface area contributed by atoms with Crippen molar-refractivity contribution in [3.05, 3.63) is 46.8 Å². The molecule has 1 heterocycles. The number of sulfonamides is 1. The molecule has 8 heteroatoms. The molecule has 0 fully saturated rings. The zero-order valence-electron chi connectivity index (χ0n) is 9.38. The molecule has 0 unspecified atom stereocenters. The maximum absolute atomic E-state index is 13.3. The standard InChI is InChI=1S/C11H8BrFN2O3S/c12-8-4-3-7(6-9(8)13)18-11-10(19(14,16)17)2-1-5-15-11/h1-6H,(H2,14,16,17). The summed E-state index contributed by atoms with van der Waals surface area (Å²) in [5.74, 6) is -0.624. The second-order valence-corrected chi connectivity index (χ2v) is 5.91. The second kappa shape index (κ2) is 5.24. The highest BCUT2D eigenvalue weighted by molar-refractivity contribution is 9.10. The largest absolute Gasteiger partial charge is 0.438 e. The number of primary sulfonamides is 1. The highest BCUT2D eigenvalue weighted by Gasteiger charge is 2.16. The van der Waals surface area contributed by atoms with Crippen LogP contribution in [0.3, 0.4) is 0 Å². The minimum Gasteiger partial charge on any atom is -0.438 e. The third-order valence-electron chi connectivity index (χ3n) is 2.15. The van der Waals surface area contributed by atoms with Gasteiger partial charge in [-0.2, -0.15) is 0 Å². The maximum Gasteiger partial charge on any atom is 0.243 e. The molecule has 0 aliphatic rings. The lowest BCUT2D eigenvalue weighted by Crippen LogP contribution is -2.13. The molecule has 1 aromatic carbocycles. The van der Waals surface area contributed by atoms with Gasteiger partial charge in [0.15, 0.2) is 0 Å². The average Bonchev–Trinajstić information content (AvgIpc) is 2.33. The lowest BCUT2D eigenvalue weighted by Gasteiger charge is -2.08. The van der Waals surface area contributed by atoms with Gasteiger partial charge in [-0.05, 0) is 40.2 Å². The van der Waals surface area contributed by atoms with Crippen LogP contribution in [0.1, 0.15) is 0 Å². The fraction of sp³-hybridized carbons (Fsp3) is 0. The Balaban J connectivity index is 2.41. The predicted molar refractivity (Wildman–Crippen MR) is 69.8 cm³/mol. The summed E-state index contributed by atoms with van der Waals surface area (Å²) in [5.41, 5.74) is 0. The van der Waals surface area contributed by atoms with Crippen molar-refractivity contribution in [2.24, 2.45) is 5.14 Å². The fourth-order valence-electron chi connectivity index (χ4n) is 1.32. The SMILES string of the molecule is NS(=O)(=O)c1cccnc1Oc1ccc(Br)c(F)c1. The number of nitrogens with zero attached hydrogens (tertiary/aromatic N) is 1. The van der Waals surface area contributed by atoms with E-state index in [0.717, 1.165) is 6.07 Å². The van der Waals surface area contributed by atoms with Gasteiger partial charge in [-0.3, -0.25) is 0 Å². The zero-order chi connectivity index (χ0) is 14.0. The number of rotatable bonds is 3. The van der Waals surface area contributed by atoms with Crippen molar-refractivity contribution < 1.29 is 17.5 Å². The van der Waals surface area contributed by atoms with Gasteiger partial charge in [-0.25, -0.2) is 22.9 Å². The van der Waals surface area contributed by atoms with E-state index in [2.05, 4.69) is 20.9 Å². The summed E-state index contributed by atoms with van der Waals surface area (Å²) in [4.78, 5) is 3.51. The molecule has 0 spiro atoms. The first-order valence-electron chi connectivity index (χ1n) is 4.98. The topological polar surface area (TPSA) is 82.3 Å². The summed E-state index contributed by atoms with van der Waals surface area (Å²) in [6.07, 6.45) is 1.35. The number of hydrogen-bond donors (Lipinski definition) is 1. The third-order valence-corrected chi connectivity index (χ3v) is 3.72. The third kappa shape index (κ3) is 3.28. The first kappa shape index (κ1) is 13.9. The molecule has 0 aliphatic heterocycles. The van der Waals surface area contributed by atoms with Crippen molar-refractivity contribution in [1.29, 1.82) is 0 Å². The van der Waals surface area contributed by atoms with Crippen LogP contribution in [-0.2, 0) is 10.0 Å². The van der Waals surface area contributed by atoms with Gasteiger partial charge in [0.25, 0.3) is 0 Å². The molecule has 2 N–H and O–H groups in total. The fourth-order valence-corrected chi connectivity index (χ4v) is 2.17. The van der Waals surface area contributed by atoms with Crippen LogP contribution in [0, 0.1) is 5.82 Å². The van der Waals surface area contributed by atoms with Crippen LogP contribution in [0.4, 0.5) is 4.39 Å². The van der Waals surface area contributed by atoms with Gasteiger partial charge in [0.1, 0.15) is 16.5 Å². The van der Waals surface area contributed by atoms with Crippen LogP contribution in [0.25, 0.3) is 0 Å². The molecule has 100 valence electrons. The first-order chi connectivity index (χ1) is 8.88. The number of aromatic nitrogens is 1. The lowest BCUT2D eigenvalue weighted by molar-refractivity contribution is 0.443. The molecule has 0 amide bonds. The van der Waals surface area contributed by atoms with Crippen molar-refractivity contribution in [2.75, 3.05) is 0 Å². The zero-order valence-corrected chi connectivity index (χ0v) is 11.8. The summed E-state index contributed by atoms with van der Waals surface area (Å²) in [6, 6.07) is 6.67. The molecular weight excluding hydrogens is 339 g/mol. The highest BCUT2D eigenvalue weighted by atomic mass is 79.9. The van der Waals surface area contributed by atoms with Crippen molar-refractivity contribution >= 4 is 26.0 Å². The van der Waals surface area contributed by atoms with Gasteiger partial charge in [0.2, 0.25) is 15.9 Å². The van der Waals surface area contributed by atoms with E-state index in [1.54, 1.807) is 0 Å². The van der Waals surface area contributed by atoms with Crippen molar-refractivity contribution in [1.82, 2.24) is 4.98 Å². The Bertz CT molecular complexity index is 722. The van der Waals surface area contributed by atoms with Crippen LogP contribution in [0.15, 0.2) is 45.9 Å². The van der Waals surface area contributed by atoms with E-state index in [0.29, 0.717) is 0 Å². The molecule has 0 bridgehead atoms. The lowest BCUT2D eigenvalue weighted by atomic mass is 10.3. The van der Waals surface area contributed by atoms with Crippen LogP contribution in [-0.4, -0.2) is 13.4 Å². The Kier molecular flexibility index (Phi) is 3.83. The monoisotopic (exact) mass is 346 g/mol. The van der Waals surface area contributed by atoms with E-state index >= 15 is 0 Å². The molecule has 1 aromatic heterocycles. The van der Waals surface area contributed by atoms with E-state index in [1.807, 2.05) is 0 Å². The molecule has 0 radical (unpaired) electrons. The van der Waals surface area contributed by atoms with E-state index in [1.165, 1.54) is 30.5 Å². The number of benzene rings is 1. The van der Waals surface area contributed by atoms with Crippen LogP contribution >= 0.6 is 15.9 Å². The smallest absolute Gasteiger partial charge is 0.243 e. The summed E-state index contributed by atoms with van der Waals surface area (Å²) < 4.78 is 41.5. The number of ether oxygens (including phenoxy) is 1. The number of pyridine rings is 1. The molecule has 19 heavy (non-hydrogen) atoms. The van der Waals surface area contributed by atoms with Crippen LogP contribution < -0.4 is 9.88 Å². The Morgan fingerprint density at radius 1 is 1.32 bits per heavy atom. The first-order valence-corrected chi connectivity index (χ1v) is 7.32. The second-order valence-electron chi connectivity index (χ2n) is 3.53. The minimum absolute atomic E-state index is 0.115. The Morgan fingerprint density at radius 3 is 2.68 bits per heavy atom. The molecule has 0 atom stereocenters. The predicted octanol–water partition coefficient (Wildman–Crippen LogP) is 2.42. The van der Waals surface area contributed by atoms with Gasteiger partial charge in [-0.1, -0.05) is 0 Å². The van der Waals surface area contributed by atoms with E-state index in [4.69, 9.17) is 9.88 Å². The van der Waals surface area contributed by atoms with Crippen LogP contribution in [0.5, 0.6) is 11.6 Å². The van der Waals surface area contributed by atoms with E-state index in [-0.39, 0.29) is 21.0 Å². The number of hydrogen-bond acceptors (Lipinski definition) is 4. The molecule has 0 aliphatic carbocycles. The molecule has 5 nitrogen and oxygen atoms in total. The number of halogens is 2. The van der Waals surface area contributed by atoms with Crippen molar-refractivity contribution in [3.63, 3.8) is 0 Å². The molecule has 2 rings (SSSR count). The summed E-state index contributed by atoms with van der Waals surface area (Å²) in [7, 11) is -3.96. The summed E-state index contributed by atoms with van der Waals surface area (Å²) >= 11 is 3.00. The minimum atomic E-state index is -3.96. The van der Waals surface area contributed by atoms with Gasteiger partial charge in [-0.15, -0.1) is 0 Å². The van der Waals surface area contributed by atoms with Gasteiger partial charge < -0.3 is 4.74 Å². The van der Waals surface area contributed by atoms with Crippen molar-refractivity contribution in [2.45, 2.75) is 4.90 Å². The Labute approximate surface area is 117 Å². The molecule has 2 aromatic rings. The van der Waals surface area contributed by atoms with Gasteiger partial charge >= 0.3 is 0 Å². The maximum atomic E-state index is 13.3. The highest BCUT2D eigenvalue weighted by Crippen LogP contribution is 2.27. The van der Waals surface area contributed by atoms with Crippen LogP contribution in [0.2, 0.25) is 0 Å². The number of nitrogens with two attached hydrogens (primary N) is 1. The molecule has 0 saturated carbocycles. The van der Waals surface area contributed by atoms with E-state index in [9.17, 15) is 12.8 Å². The normalized spacial score (nSPS) is 11.3. The van der Waals surface area contributed by atoms with Crippen molar-refractivity contribution in [3.8, 4) is 11.6 Å². The summed E-state index contributed by atoms with van der Waals surface area (Å²) in [6.45, 7) is 0. The Hall–Kier alpha value is -1.51. The van der Waals surface area contributed by atoms with Gasteiger partial charge in [0, 0.05) is 12.3 Å². The Morgan fingerprint density at radius 2 is 2.05 bits per heavy atom. The van der Waals surface area contributed by atoms with E-state index < -0.39 is 15.8 Å². The van der Waals surface area contributed by atoms with Gasteiger partial charge in [0.05, 0.1) is 4.47 Å². The average molecular weight is 347 g/mol. The molecule has 0 saturated heterocycles. The quantitative estimate of drug-likeness (QED) is 0.925. The summed E-state index contributed by atoms with van der Waals surface area (Å²) in [5, 5.41) is 5.04.